The third kappa shape index (κ3) is 1.81. The molecule has 1 rings (SSSR count). The minimum atomic E-state index is 0.0747. The summed E-state index contributed by atoms with van der Waals surface area (Å²) in [6.45, 7) is 6.63. The molecule has 1 aliphatic heterocycles. The van der Waals surface area contributed by atoms with Gasteiger partial charge in [-0.05, 0) is 5.92 Å². The van der Waals surface area contributed by atoms with Crippen molar-refractivity contribution < 1.29 is 0 Å². The summed E-state index contributed by atoms with van der Waals surface area (Å²) in [6.07, 6.45) is 8.68. The van der Waals surface area contributed by atoms with Crippen LogP contribution in [0.5, 0.6) is 0 Å². The Morgan fingerprint density at radius 2 is 2.17 bits per heavy atom. The van der Waals surface area contributed by atoms with Crippen LogP contribution >= 0.6 is 0 Å². The Hall–Kier alpha value is -0.920. The molecule has 0 aliphatic carbocycles. The van der Waals surface area contributed by atoms with Gasteiger partial charge in [-0.25, -0.2) is 9.98 Å². The Balaban J connectivity index is 2.83. The summed E-state index contributed by atoms with van der Waals surface area (Å²) in [5.74, 6) is 0.610. The molecule has 0 radical (unpaired) electrons. The van der Waals surface area contributed by atoms with E-state index in [0.29, 0.717) is 5.92 Å². The van der Waals surface area contributed by atoms with Crippen molar-refractivity contribution in [1.82, 2.24) is 0 Å². The lowest BCUT2D eigenvalue weighted by atomic mass is 9.78. The Morgan fingerprint density at radius 1 is 1.42 bits per heavy atom. The molecule has 2 heteroatoms. The van der Waals surface area contributed by atoms with Gasteiger partial charge in [0.15, 0.2) is 0 Å². The number of aliphatic imine (C=N–C) groups is 2. The minimum Gasteiger partial charge on any atom is -0.248 e. The molecule has 1 aliphatic rings. The van der Waals surface area contributed by atoms with E-state index in [0.717, 1.165) is 6.42 Å². The van der Waals surface area contributed by atoms with Gasteiger partial charge in [0.05, 0.1) is 0 Å². The first-order chi connectivity index (χ1) is 5.69. The van der Waals surface area contributed by atoms with Crippen LogP contribution in [-0.2, 0) is 0 Å². The van der Waals surface area contributed by atoms with Gasteiger partial charge in [0.25, 0.3) is 0 Å². The summed E-state index contributed by atoms with van der Waals surface area (Å²) in [6, 6.07) is 0. The Kier molecular flexibility index (Phi) is 2.79. The summed E-state index contributed by atoms with van der Waals surface area (Å²) in [5.41, 5.74) is 0.0747. The largest absolute Gasteiger partial charge is 0.248 e. The molecule has 0 N–H and O–H groups in total. The molecule has 0 aromatic heterocycles. The number of rotatable bonds is 2. The molecule has 0 amide bonds. The Bertz CT molecular complexity index is 210. The second-order valence-corrected chi connectivity index (χ2v) is 3.53. The first-order valence-corrected chi connectivity index (χ1v) is 4.42. The van der Waals surface area contributed by atoms with Crippen molar-refractivity contribution in [2.24, 2.45) is 21.3 Å². The third-order valence-electron chi connectivity index (χ3n) is 2.68. The quantitative estimate of drug-likeness (QED) is 0.599. The molecule has 2 unspecified atom stereocenters. The van der Waals surface area contributed by atoms with Crippen LogP contribution in [0.3, 0.4) is 0 Å². The van der Waals surface area contributed by atoms with Crippen molar-refractivity contribution in [2.75, 3.05) is 0 Å². The van der Waals surface area contributed by atoms with Crippen molar-refractivity contribution in [2.45, 2.75) is 27.2 Å². The van der Waals surface area contributed by atoms with E-state index in [9.17, 15) is 0 Å². The molecule has 0 aromatic rings. The lowest BCUT2D eigenvalue weighted by Crippen LogP contribution is -2.23. The maximum Gasteiger partial charge on any atom is 0.114 e. The summed E-state index contributed by atoms with van der Waals surface area (Å²) in [5, 5.41) is 0. The lowest BCUT2D eigenvalue weighted by Gasteiger charge is -2.26. The molecular weight excluding hydrogens is 148 g/mol. The Labute approximate surface area is 74.1 Å². The van der Waals surface area contributed by atoms with E-state index in [-0.39, 0.29) is 5.41 Å². The SMILES string of the molecule is CCC(C)C1(C)C=CN=CN=C1. The predicted molar refractivity (Wildman–Crippen MR) is 53.7 cm³/mol. The second-order valence-electron chi connectivity index (χ2n) is 3.53. The van der Waals surface area contributed by atoms with E-state index in [2.05, 4.69) is 36.8 Å². The topological polar surface area (TPSA) is 24.7 Å². The first-order valence-electron chi connectivity index (χ1n) is 4.42. The highest BCUT2D eigenvalue weighted by molar-refractivity contribution is 5.79. The van der Waals surface area contributed by atoms with Gasteiger partial charge in [-0.1, -0.05) is 33.3 Å². The van der Waals surface area contributed by atoms with Crippen molar-refractivity contribution in [1.29, 1.82) is 0 Å². The van der Waals surface area contributed by atoms with E-state index in [1.54, 1.807) is 6.34 Å². The Morgan fingerprint density at radius 3 is 2.83 bits per heavy atom. The summed E-state index contributed by atoms with van der Waals surface area (Å²) >= 11 is 0. The zero-order chi connectivity index (χ0) is 9.03. The van der Waals surface area contributed by atoms with Gasteiger partial charge >= 0.3 is 0 Å². The molecule has 0 aromatic carbocycles. The van der Waals surface area contributed by atoms with Crippen molar-refractivity contribution >= 4 is 12.6 Å². The molecule has 2 atom stereocenters. The minimum absolute atomic E-state index is 0.0747. The van der Waals surface area contributed by atoms with Crippen LogP contribution in [0.25, 0.3) is 0 Å². The van der Waals surface area contributed by atoms with Gasteiger partial charge in [0, 0.05) is 17.8 Å². The van der Waals surface area contributed by atoms with Crippen LogP contribution in [0.2, 0.25) is 0 Å². The highest BCUT2D eigenvalue weighted by Crippen LogP contribution is 2.29. The molecular formula is C10H16N2. The van der Waals surface area contributed by atoms with E-state index in [1.165, 1.54) is 0 Å². The van der Waals surface area contributed by atoms with E-state index in [4.69, 9.17) is 0 Å². The van der Waals surface area contributed by atoms with Gasteiger partial charge in [-0.15, -0.1) is 0 Å². The molecule has 12 heavy (non-hydrogen) atoms. The maximum absolute atomic E-state index is 4.11. The van der Waals surface area contributed by atoms with Crippen LogP contribution in [0, 0.1) is 11.3 Å². The molecule has 1 heterocycles. The third-order valence-corrected chi connectivity index (χ3v) is 2.68. The molecule has 0 saturated carbocycles. The normalized spacial score (nSPS) is 30.2. The van der Waals surface area contributed by atoms with Crippen molar-refractivity contribution in [3.8, 4) is 0 Å². The van der Waals surface area contributed by atoms with Crippen molar-refractivity contribution in [3.63, 3.8) is 0 Å². The van der Waals surface area contributed by atoms with Crippen LogP contribution in [-0.4, -0.2) is 12.6 Å². The average Bonchev–Trinajstić information content (AvgIpc) is 2.29. The number of allylic oxidation sites excluding steroid dienone is 1. The summed E-state index contributed by atoms with van der Waals surface area (Å²) in [4.78, 5) is 8.09. The lowest BCUT2D eigenvalue weighted by molar-refractivity contribution is 0.378. The average molecular weight is 164 g/mol. The standard InChI is InChI=1S/C10H16N2/c1-4-9(2)10(3)5-6-11-8-12-7-10/h5-9H,4H2,1-3H3. The molecule has 2 nitrogen and oxygen atoms in total. The highest BCUT2D eigenvalue weighted by atomic mass is 14.8. The van der Waals surface area contributed by atoms with Crippen LogP contribution < -0.4 is 0 Å². The fourth-order valence-corrected chi connectivity index (χ4v) is 1.25. The van der Waals surface area contributed by atoms with Gasteiger partial charge in [-0.3, -0.25) is 0 Å². The van der Waals surface area contributed by atoms with E-state index < -0.39 is 0 Å². The zero-order valence-electron chi connectivity index (χ0n) is 7.99. The van der Waals surface area contributed by atoms with Gasteiger partial charge < -0.3 is 0 Å². The van der Waals surface area contributed by atoms with Crippen LogP contribution in [0.4, 0.5) is 0 Å². The first kappa shape index (κ1) is 9.17. The van der Waals surface area contributed by atoms with Crippen LogP contribution in [0.15, 0.2) is 22.3 Å². The van der Waals surface area contributed by atoms with Gasteiger partial charge in [-0.2, -0.15) is 0 Å². The fraction of sp³-hybridized carbons (Fsp3) is 0.600. The van der Waals surface area contributed by atoms with Gasteiger partial charge in [0.2, 0.25) is 0 Å². The van der Waals surface area contributed by atoms with Crippen molar-refractivity contribution in [3.05, 3.63) is 12.3 Å². The second kappa shape index (κ2) is 3.65. The molecule has 0 saturated heterocycles. The fourth-order valence-electron chi connectivity index (χ4n) is 1.25. The monoisotopic (exact) mass is 164 g/mol. The zero-order valence-corrected chi connectivity index (χ0v) is 7.99. The van der Waals surface area contributed by atoms with E-state index >= 15 is 0 Å². The maximum atomic E-state index is 4.11. The number of nitrogens with zero attached hydrogens (tertiary/aromatic N) is 2. The highest BCUT2D eigenvalue weighted by Gasteiger charge is 2.25. The smallest absolute Gasteiger partial charge is 0.114 e. The summed E-state index contributed by atoms with van der Waals surface area (Å²) in [7, 11) is 0. The molecule has 0 fully saturated rings. The molecule has 0 bridgehead atoms. The number of hydrogen-bond acceptors (Lipinski definition) is 2. The van der Waals surface area contributed by atoms with Crippen LogP contribution in [0.1, 0.15) is 27.2 Å². The molecule has 66 valence electrons. The molecule has 0 spiro atoms. The summed E-state index contributed by atoms with van der Waals surface area (Å²) < 4.78 is 0. The van der Waals surface area contributed by atoms with Gasteiger partial charge in [0.1, 0.15) is 6.34 Å². The predicted octanol–water partition coefficient (Wildman–Crippen LogP) is 2.67. The number of hydrogen-bond donors (Lipinski definition) is 0. The van der Waals surface area contributed by atoms with E-state index in [1.807, 2.05) is 12.4 Å².